The number of fused-ring (bicyclic) bond motifs is 1. The zero-order valence-corrected chi connectivity index (χ0v) is 19.8. The number of benzene rings is 2. The van der Waals surface area contributed by atoms with Crippen LogP contribution in [0.25, 0.3) is 11.4 Å². The standard InChI is InChI=1S/C25H23FN6O5/c26-17-3-1-2-4-19(17)30-9-11-31(12-10-30)23(34)14-32-22(33)8-6-18(28-32)25-27-24(29-37-25)16-5-7-20-21(13-16)36-15-35-20/h1-5,7,13H,6,8-12,14-15H2. The number of amides is 2. The maximum atomic E-state index is 14.1. The molecule has 0 N–H and O–H groups in total. The number of rotatable bonds is 5. The summed E-state index contributed by atoms with van der Waals surface area (Å²) in [7, 11) is 0. The van der Waals surface area contributed by atoms with E-state index in [1.54, 1.807) is 41.3 Å². The van der Waals surface area contributed by atoms with Crippen LogP contribution < -0.4 is 14.4 Å². The van der Waals surface area contributed by atoms with Gasteiger partial charge < -0.3 is 23.8 Å². The van der Waals surface area contributed by atoms with Gasteiger partial charge in [-0.15, -0.1) is 0 Å². The molecule has 3 aliphatic rings. The van der Waals surface area contributed by atoms with Crippen LogP contribution in [0, 0.1) is 5.82 Å². The van der Waals surface area contributed by atoms with Crippen molar-refractivity contribution in [1.82, 2.24) is 20.0 Å². The predicted molar refractivity (Wildman–Crippen MR) is 129 cm³/mol. The van der Waals surface area contributed by atoms with Gasteiger partial charge in [0.25, 0.3) is 5.89 Å². The molecule has 2 aromatic carbocycles. The molecule has 4 heterocycles. The highest BCUT2D eigenvalue weighted by molar-refractivity contribution is 6.01. The summed E-state index contributed by atoms with van der Waals surface area (Å²) >= 11 is 0. The van der Waals surface area contributed by atoms with E-state index in [0.717, 1.165) is 5.01 Å². The van der Waals surface area contributed by atoms with Gasteiger partial charge >= 0.3 is 0 Å². The topological polar surface area (TPSA) is 114 Å². The summed E-state index contributed by atoms with van der Waals surface area (Å²) in [4.78, 5) is 33.5. The molecule has 0 spiro atoms. The van der Waals surface area contributed by atoms with Crippen LogP contribution in [-0.2, 0) is 9.59 Å². The Hall–Kier alpha value is -4.48. The predicted octanol–water partition coefficient (Wildman–Crippen LogP) is 2.28. The third-order valence-corrected chi connectivity index (χ3v) is 6.52. The molecule has 190 valence electrons. The lowest BCUT2D eigenvalue weighted by molar-refractivity contribution is -0.141. The minimum Gasteiger partial charge on any atom is -0.454 e. The number of hydrogen-bond donors (Lipinski definition) is 0. The van der Waals surface area contributed by atoms with Crippen LogP contribution in [0.5, 0.6) is 11.5 Å². The van der Waals surface area contributed by atoms with Gasteiger partial charge in [0.15, 0.2) is 11.5 Å². The summed E-state index contributed by atoms with van der Waals surface area (Å²) in [6, 6.07) is 11.9. The Kier molecular flexibility index (Phi) is 5.91. The van der Waals surface area contributed by atoms with E-state index in [4.69, 9.17) is 14.0 Å². The van der Waals surface area contributed by atoms with E-state index >= 15 is 0 Å². The number of piperazine rings is 1. The maximum absolute atomic E-state index is 14.1. The van der Waals surface area contributed by atoms with E-state index in [9.17, 15) is 14.0 Å². The third kappa shape index (κ3) is 4.57. The fourth-order valence-corrected chi connectivity index (χ4v) is 4.51. The van der Waals surface area contributed by atoms with Crippen LogP contribution in [0.1, 0.15) is 18.7 Å². The second-order valence-corrected chi connectivity index (χ2v) is 8.81. The Morgan fingerprint density at radius 2 is 1.81 bits per heavy atom. The summed E-state index contributed by atoms with van der Waals surface area (Å²) in [6.07, 6.45) is 0.503. The summed E-state index contributed by atoms with van der Waals surface area (Å²) in [6.45, 7) is 1.82. The Morgan fingerprint density at radius 1 is 1.00 bits per heavy atom. The van der Waals surface area contributed by atoms with Gasteiger partial charge in [0.1, 0.15) is 18.1 Å². The summed E-state index contributed by atoms with van der Waals surface area (Å²) in [5.41, 5.74) is 1.65. The number of hydrazone groups is 1. The Morgan fingerprint density at radius 3 is 2.65 bits per heavy atom. The average molecular weight is 506 g/mol. The summed E-state index contributed by atoms with van der Waals surface area (Å²) in [5, 5.41) is 9.55. The smallest absolute Gasteiger partial charge is 0.274 e. The van der Waals surface area contributed by atoms with Gasteiger partial charge in [-0.25, -0.2) is 9.40 Å². The zero-order chi connectivity index (χ0) is 25.4. The van der Waals surface area contributed by atoms with Crippen LogP contribution in [0.15, 0.2) is 52.1 Å². The molecule has 3 aromatic rings. The second kappa shape index (κ2) is 9.52. The molecule has 2 amide bonds. The Bertz CT molecular complexity index is 1380. The van der Waals surface area contributed by atoms with Crippen molar-refractivity contribution >= 4 is 23.2 Å². The van der Waals surface area contributed by atoms with Crippen molar-refractivity contribution in [3.05, 3.63) is 54.2 Å². The van der Waals surface area contributed by atoms with Crippen molar-refractivity contribution in [3.8, 4) is 22.9 Å². The number of halogens is 1. The largest absolute Gasteiger partial charge is 0.454 e. The lowest BCUT2D eigenvalue weighted by atomic mass is 10.1. The SMILES string of the molecule is O=C(CN1N=C(c2nc(-c3ccc4c(c3)OCO4)no2)CCC1=O)N1CCN(c2ccccc2F)CC1. The Balaban J connectivity index is 1.11. The molecule has 1 fully saturated rings. The number of anilines is 1. The van der Waals surface area contributed by atoms with Gasteiger partial charge in [-0.3, -0.25) is 9.59 Å². The minimum absolute atomic E-state index is 0.164. The lowest BCUT2D eigenvalue weighted by Crippen LogP contribution is -2.51. The molecule has 0 unspecified atom stereocenters. The number of aromatic nitrogens is 2. The van der Waals surface area contributed by atoms with Crippen LogP contribution >= 0.6 is 0 Å². The van der Waals surface area contributed by atoms with Gasteiger partial charge in [0.05, 0.1) is 5.69 Å². The maximum Gasteiger partial charge on any atom is 0.274 e. The van der Waals surface area contributed by atoms with Crippen molar-refractivity contribution in [1.29, 1.82) is 0 Å². The van der Waals surface area contributed by atoms with E-state index in [1.807, 2.05) is 4.90 Å². The summed E-state index contributed by atoms with van der Waals surface area (Å²) in [5.74, 6) is 1.03. The van der Waals surface area contributed by atoms with Gasteiger partial charge in [-0.1, -0.05) is 17.3 Å². The minimum atomic E-state index is -0.286. The highest BCUT2D eigenvalue weighted by atomic mass is 19.1. The highest BCUT2D eigenvalue weighted by Gasteiger charge is 2.29. The van der Waals surface area contributed by atoms with E-state index in [0.29, 0.717) is 66.9 Å². The first-order valence-corrected chi connectivity index (χ1v) is 11.9. The number of carbonyl (C=O) groups excluding carboxylic acids is 2. The summed E-state index contributed by atoms with van der Waals surface area (Å²) < 4.78 is 30.2. The van der Waals surface area contributed by atoms with Gasteiger partial charge in [-0.05, 0) is 30.3 Å². The molecule has 3 aliphatic heterocycles. The van der Waals surface area contributed by atoms with Crippen LogP contribution in [0.2, 0.25) is 0 Å². The number of hydrogen-bond acceptors (Lipinski definition) is 9. The first kappa shape index (κ1) is 23.0. The molecule has 1 saturated heterocycles. The average Bonchev–Trinajstić information content (AvgIpc) is 3.60. The van der Waals surface area contributed by atoms with Gasteiger partial charge in [0.2, 0.25) is 24.4 Å². The van der Waals surface area contributed by atoms with E-state index < -0.39 is 0 Å². The van der Waals surface area contributed by atoms with E-state index in [1.165, 1.54) is 6.07 Å². The molecule has 0 aliphatic carbocycles. The molecule has 12 heteroatoms. The molecular formula is C25H23FN6O5. The van der Waals surface area contributed by atoms with E-state index in [-0.39, 0.29) is 43.3 Å². The lowest BCUT2D eigenvalue weighted by Gasteiger charge is -2.36. The quantitative estimate of drug-likeness (QED) is 0.518. The fourth-order valence-electron chi connectivity index (χ4n) is 4.51. The number of nitrogens with zero attached hydrogens (tertiary/aromatic N) is 6. The van der Waals surface area contributed by atoms with Crippen LogP contribution in [0.4, 0.5) is 10.1 Å². The molecule has 0 saturated carbocycles. The first-order chi connectivity index (χ1) is 18.0. The monoisotopic (exact) mass is 506 g/mol. The zero-order valence-electron chi connectivity index (χ0n) is 19.8. The molecule has 6 rings (SSSR count). The molecule has 0 bridgehead atoms. The Labute approximate surface area is 211 Å². The molecule has 37 heavy (non-hydrogen) atoms. The number of ether oxygens (including phenoxy) is 2. The highest BCUT2D eigenvalue weighted by Crippen LogP contribution is 2.35. The first-order valence-electron chi connectivity index (χ1n) is 11.9. The molecule has 1 aromatic heterocycles. The van der Waals surface area contributed by atoms with Crippen molar-refractivity contribution in [2.75, 3.05) is 44.4 Å². The van der Waals surface area contributed by atoms with Crippen molar-refractivity contribution in [3.63, 3.8) is 0 Å². The van der Waals surface area contributed by atoms with Crippen molar-refractivity contribution in [2.24, 2.45) is 5.10 Å². The molecular weight excluding hydrogens is 483 g/mol. The van der Waals surface area contributed by atoms with Crippen LogP contribution in [0.3, 0.4) is 0 Å². The third-order valence-electron chi connectivity index (χ3n) is 6.52. The number of carbonyl (C=O) groups is 2. The number of para-hydroxylation sites is 1. The van der Waals surface area contributed by atoms with Gasteiger partial charge in [0, 0.05) is 44.6 Å². The van der Waals surface area contributed by atoms with Crippen LogP contribution in [-0.4, -0.2) is 77.1 Å². The molecule has 0 radical (unpaired) electrons. The normalized spacial score (nSPS) is 17.3. The van der Waals surface area contributed by atoms with Crippen molar-refractivity contribution < 1.29 is 28.0 Å². The molecule has 11 nitrogen and oxygen atoms in total. The van der Waals surface area contributed by atoms with E-state index in [2.05, 4.69) is 15.2 Å². The molecule has 0 atom stereocenters. The van der Waals surface area contributed by atoms with Crippen molar-refractivity contribution in [2.45, 2.75) is 12.8 Å². The fraction of sp³-hybridized carbons (Fsp3) is 0.320. The second-order valence-electron chi connectivity index (χ2n) is 8.81. The van der Waals surface area contributed by atoms with Gasteiger partial charge in [-0.2, -0.15) is 10.1 Å².